The van der Waals surface area contributed by atoms with Crippen molar-refractivity contribution in [2.45, 2.75) is 56.4 Å². The normalized spacial score (nSPS) is 21.8. The summed E-state index contributed by atoms with van der Waals surface area (Å²) in [6.45, 7) is 1.59. The molecule has 5 N–H and O–H groups in total. The number of benzene rings is 1. The van der Waals surface area contributed by atoms with Crippen molar-refractivity contribution in [1.82, 2.24) is 9.97 Å². The number of primary amides is 1. The van der Waals surface area contributed by atoms with Gasteiger partial charge in [-0.05, 0) is 73.6 Å². The maximum absolute atomic E-state index is 12.0. The molecule has 2 saturated carbocycles. The second kappa shape index (κ2) is 7.30. The number of aromatic nitrogens is 2. The van der Waals surface area contributed by atoms with E-state index in [1.54, 1.807) is 0 Å². The van der Waals surface area contributed by atoms with Crippen molar-refractivity contribution in [1.29, 1.82) is 0 Å². The highest BCUT2D eigenvalue weighted by molar-refractivity contribution is 5.98. The van der Waals surface area contributed by atoms with Crippen LogP contribution in [0.2, 0.25) is 0 Å². The number of carbonyl (C=O) groups is 1. The van der Waals surface area contributed by atoms with Crippen LogP contribution in [0.15, 0.2) is 24.4 Å². The number of nitrogens with one attached hydrogen (secondary N) is 1. The summed E-state index contributed by atoms with van der Waals surface area (Å²) < 4.78 is 0. The van der Waals surface area contributed by atoms with Crippen LogP contribution in [0.1, 0.15) is 71.8 Å². The third-order valence-electron chi connectivity index (χ3n) is 6.12. The number of hydrogen-bond acceptors (Lipinski definition) is 6. The van der Waals surface area contributed by atoms with Crippen molar-refractivity contribution in [2.75, 3.05) is 23.3 Å². The zero-order valence-corrected chi connectivity index (χ0v) is 16.6. The first-order valence-electron chi connectivity index (χ1n) is 10.7. The van der Waals surface area contributed by atoms with E-state index in [-0.39, 0.29) is 6.04 Å². The van der Waals surface area contributed by atoms with Crippen molar-refractivity contribution in [3.63, 3.8) is 0 Å². The maximum Gasteiger partial charge on any atom is 0.254 e. The largest absolute Gasteiger partial charge is 0.365 e. The number of piperidine rings is 1. The van der Waals surface area contributed by atoms with Gasteiger partial charge in [-0.1, -0.05) is 6.07 Å². The molecule has 1 saturated heterocycles. The van der Waals surface area contributed by atoms with E-state index in [9.17, 15) is 4.79 Å². The van der Waals surface area contributed by atoms with E-state index in [0.717, 1.165) is 31.6 Å². The fraction of sp³-hybridized carbons (Fsp3) is 0.500. The molecule has 1 aliphatic heterocycles. The van der Waals surface area contributed by atoms with Gasteiger partial charge in [-0.25, -0.2) is 4.98 Å². The van der Waals surface area contributed by atoms with Crippen LogP contribution in [0, 0.1) is 0 Å². The van der Waals surface area contributed by atoms with Gasteiger partial charge in [0.15, 0.2) is 0 Å². The van der Waals surface area contributed by atoms with E-state index in [1.165, 1.54) is 43.0 Å². The van der Waals surface area contributed by atoms with Gasteiger partial charge >= 0.3 is 0 Å². The van der Waals surface area contributed by atoms with Gasteiger partial charge in [0, 0.05) is 31.0 Å². The van der Waals surface area contributed by atoms with Crippen molar-refractivity contribution in [2.24, 2.45) is 11.5 Å². The molecule has 2 aromatic rings. The number of nitrogens with two attached hydrogens (primary N) is 2. The van der Waals surface area contributed by atoms with Crippen LogP contribution in [0.5, 0.6) is 0 Å². The third kappa shape index (κ3) is 4.05. The molecule has 29 heavy (non-hydrogen) atoms. The Morgan fingerprint density at radius 3 is 2.34 bits per heavy atom. The minimum Gasteiger partial charge on any atom is -0.365 e. The zero-order valence-electron chi connectivity index (χ0n) is 16.6. The maximum atomic E-state index is 12.0. The highest BCUT2D eigenvalue weighted by Gasteiger charge is 2.29. The smallest absolute Gasteiger partial charge is 0.254 e. The lowest BCUT2D eigenvalue weighted by molar-refractivity contribution is 0.100. The summed E-state index contributed by atoms with van der Waals surface area (Å²) in [6, 6.07) is 6.85. The molecule has 2 aliphatic carbocycles. The molecule has 2 heterocycles. The summed E-state index contributed by atoms with van der Waals surface area (Å²) in [4.78, 5) is 23.1. The Bertz CT molecular complexity index is 907. The molecule has 0 radical (unpaired) electrons. The van der Waals surface area contributed by atoms with E-state index in [0.29, 0.717) is 29.2 Å². The van der Waals surface area contributed by atoms with Crippen LogP contribution in [0.25, 0.3) is 0 Å². The number of rotatable bonds is 6. The standard InChI is InChI=1S/C22H28N6O/c23-17-2-1-7-28(12-17)22-25-11-19(20(24)29)21(27-22)26-18-9-15(13-3-4-13)8-16(10-18)14-5-6-14/h8-11,13-14,17H,1-7,12,23H2,(H2,24,29)(H,25,26,27). The van der Waals surface area contributed by atoms with Gasteiger partial charge in [0.25, 0.3) is 5.91 Å². The van der Waals surface area contributed by atoms with Crippen LogP contribution in [0.4, 0.5) is 17.5 Å². The Balaban J connectivity index is 1.47. The predicted molar refractivity (Wildman–Crippen MR) is 114 cm³/mol. The lowest BCUT2D eigenvalue weighted by Crippen LogP contribution is -2.43. The third-order valence-corrected chi connectivity index (χ3v) is 6.12. The molecule has 3 aliphatic rings. The molecule has 3 fully saturated rings. The number of hydrogen-bond donors (Lipinski definition) is 3. The Hall–Kier alpha value is -2.67. The quantitative estimate of drug-likeness (QED) is 0.697. The van der Waals surface area contributed by atoms with E-state index in [2.05, 4.69) is 38.4 Å². The first-order valence-corrected chi connectivity index (χ1v) is 10.7. The highest BCUT2D eigenvalue weighted by Crippen LogP contribution is 2.46. The van der Waals surface area contributed by atoms with E-state index < -0.39 is 5.91 Å². The summed E-state index contributed by atoms with van der Waals surface area (Å²) in [5, 5.41) is 3.38. The second-order valence-electron chi connectivity index (χ2n) is 8.71. The molecule has 152 valence electrons. The topological polar surface area (TPSA) is 110 Å². The van der Waals surface area contributed by atoms with E-state index in [4.69, 9.17) is 11.5 Å². The number of amides is 1. The first-order chi connectivity index (χ1) is 14.1. The molecule has 0 spiro atoms. The number of carbonyl (C=O) groups excluding carboxylic acids is 1. The summed E-state index contributed by atoms with van der Waals surface area (Å²) in [6.07, 6.45) is 8.58. The molecular weight excluding hydrogens is 364 g/mol. The molecule has 1 unspecified atom stereocenters. The van der Waals surface area contributed by atoms with Gasteiger partial charge in [0.1, 0.15) is 11.4 Å². The summed E-state index contributed by atoms with van der Waals surface area (Å²) in [7, 11) is 0. The van der Waals surface area contributed by atoms with Crippen LogP contribution in [-0.4, -0.2) is 35.0 Å². The molecule has 1 aromatic heterocycles. The van der Waals surface area contributed by atoms with E-state index >= 15 is 0 Å². The van der Waals surface area contributed by atoms with Crippen LogP contribution < -0.4 is 21.7 Å². The minimum atomic E-state index is -0.532. The Kier molecular flexibility index (Phi) is 4.62. The summed E-state index contributed by atoms with van der Waals surface area (Å²) >= 11 is 0. The van der Waals surface area contributed by atoms with Crippen LogP contribution in [0.3, 0.4) is 0 Å². The van der Waals surface area contributed by atoms with Crippen molar-refractivity contribution >= 4 is 23.4 Å². The predicted octanol–water partition coefficient (Wildman–Crippen LogP) is 3.00. The molecular formula is C22H28N6O. The van der Waals surface area contributed by atoms with Gasteiger partial charge < -0.3 is 21.7 Å². The van der Waals surface area contributed by atoms with Gasteiger partial charge in [0.2, 0.25) is 5.95 Å². The minimum absolute atomic E-state index is 0.121. The van der Waals surface area contributed by atoms with E-state index in [1.807, 2.05) is 0 Å². The van der Waals surface area contributed by atoms with Crippen LogP contribution >= 0.6 is 0 Å². The fourth-order valence-corrected chi connectivity index (χ4v) is 4.18. The first kappa shape index (κ1) is 18.4. The van der Waals surface area contributed by atoms with Gasteiger partial charge in [-0.15, -0.1) is 0 Å². The van der Waals surface area contributed by atoms with Crippen molar-refractivity contribution < 1.29 is 4.79 Å². The van der Waals surface area contributed by atoms with Crippen molar-refractivity contribution in [3.05, 3.63) is 41.1 Å². The second-order valence-corrected chi connectivity index (χ2v) is 8.71. The SMILES string of the molecule is NC(=O)c1cnc(N2CCCC(N)C2)nc1Nc1cc(C2CC2)cc(C2CC2)c1. The fourth-order valence-electron chi connectivity index (χ4n) is 4.18. The molecule has 1 amide bonds. The summed E-state index contributed by atoms with van der Waals surface area (Å²) in [5.41, 5.74) is 15.8. The molecule has 0 bridgehead atoms. The molecule has 7 heteroatoms. The average molecular weight is 393 g/mol. The zero-order chi connectivity index (χ0) is 20.0. The summed E-state index contributed by atoms with van der Waals surface area (Å²) in [5.74, 6) is 1.86. The average Bonchev–Trinajstić information content (AvgIpc) is 3.60. The Morgan fingerprint density at radius 2 is 1.76 bits per heavy atom. The molecule has 5 rings (SSSR count). The monoisotopic (exact) mass is 392 g/mol. The molecule has 7 nitrogen and oxygen atoms in total. The van der Waals surface area contributed by atoms with Crippen molar-refractivity contribution in [3.8, 4) is 0 Å². The highest BCUT2D eigenvalue weighted by atomic mass is 16.1. The Labute approximate surface area is 170 Å². The number of anilines is 3. The Morgan fingerprint density at radius 1 is 1.07 bits per heavy atom. The molecule has 1 aromatic carbocycles. The van der Waals surface area contributed by atoms with Gasteiger partial charge in [-0.3, -0.25) is 4.79 Å². The lowest BCUT2D eigenvalue weighted by atomic mass is 10.0. The van der Waals surface area contributed by atoms with Gasteiger partial charge in [0.05, 0.1) is 0 Å². The van der Waals surface area contributed by atoms with Gasteiger partial charge in [-0.2, -0.15) is 4.98 Å². The molecule has 1 atom stereocenters. The number of nitrogens with zero attached hydrogens (tertiary/aromatic N) is 3. The van der Waals surface area contributed by atoms with Crippen LogP contribution in [-0.2, 0) is 0 Å². The lowest BCUT2D eigenvalue weighted by Gasteiger charge is -2.31.